The first-order valence-corrected chi connectivity index (χ1v) is 6.77. The number of benzene rings is 2. The normalized spacial score (nSPS) is 9.88. The molecule has 0 aromatic heterocycles. The third-order valence-corrected chi connectivity index (χ3v) is 2.92. The van der Waals surface area contributed by atoms with Gasteiger partial charge in [0.15, 0.2) is 12.4 Å². The van der Waals surface area contributed by atoms with Crippen molar-refractivity contribution in [2.45, 2.75) is 0 Å². The number of methoxy groups -OCH3 is 1. The molecule has 0 aliphatic carbocycles. The van der Waals surface area contributed by atoms with E-state index < -0.39 is 23.5 Å². The Labute approximate surface area is 136 Å². The lowest BCUT2D eigenvalue weighted by molar-refractivity contribution is -0.385. The number of carbonyl (C=O) groups is 2. The summed E-state index contributed by atoms with van der Waals surface area (Å²) in [5, 5.41) is 10.9. The molecule has 0 radical (unpaired) electrons. The zero-order chi connectivity index (χ0) is 17.5. The Balaban J connectivity index is 2.05. The van der Waals surface area contributed by atoms with Crippen LogP contribution in [-0.2, 0) is 9.53 Å². The Morgan fingerprint density at radius 3 is 2.33 bits per heavy atom. The number of hydrogen-bond acceptors (Lipinski definition) is 7. The first-order valence-electron chi connectivity index (χ1n) is 6.77. The van der Waals surface area contributed by atoms with Crippen molar-refractivity contribution >= 4 is 17.6 Å². The summed E-state index contributed by atoms with van der Waals surface area (Å²) in [4.78, 5) is 33.7. The second kappa shape index (κ2) is 7.73. The highest BCUT2D eigenvalue weighted by Gasteiger charge is 2.18. The predicted octanol–water partition coefficient (Wildman–Crippen LogP) is 2.37. The molecule has 2 rings (SSSR count). The quantitative estimate of drug-likeness (QED) is 0.346. The van der Waals surface area contributed by atoms with Crippen molar-refractivity contribution < 1.29 is 28.7 Å². The third kappa shape index (κ3) is 4.07. The molecule has 0 bridgehead atoms. The molecule has 0 fully saturated rings. The van der Waals surface area contributed by atoms with Gasteiger partial charge in [0.1, 0.15) is 11.3 Å². The maximum absolute atomic E-state index is 11.9. The van der Waals surface area contributed by atoms with Gasteiger partial charge < -0.3 is 14.2 Å². The van der Waals surface area contributed by atoms with E-state index in [1.807, 2.05) is 0 Å². The molecule has 0 N–H and O–H groups in total. The number of carbonyl (C=O) groups excluding carboxylic acids is 2. The van der Waals surface area contributed by atoms with Crippen LogP contribution in [0.3, 0.4) is 0 Å². The van der Waals surface area contributed by atoms with Crippen LogP contribution in [0.5, 0.6) is 11.5 Å². The summed E-state index contributed by atoms with van der Waals surface area (Å²) in [5.41, 5.74) is -0.181. The molecule has 0 atom stereocenters. The highest BCUT2D eigenvalue weighted by Crippen LogP contribution is 2.26. The third-order valence-electron chi connectivity index (χ3n) is 2.92. The van der Waals surface area contributed by atoms with Crippen molar-refractivity contribution in [1.29, 1.82) is 0 Å². The molecule has 0 amide bonds. The summed E-state index contributed by atoms with van der Waals surface area (Å²) in [7, 11) is 1.21. The average Bonchev–Trinajstić information content (AvgIpc) is 2.60. The second-order valence-electron chi connectivity index (χ2n) is 4.48. The summed E-state index contributed by atoms with van der Waals surface area (Å²) < 4.78 is 14.8. The maximum atomic E-state index is 11.9. The number of para-hydroxylation sites is 3. The van der Waals surface area contributed by atoms with Gasteiger partial charge in [-0.15, -0.1) is 0 Å². The topological polar surface area (TPSA) is 105 Å². The van der Waals surface area contributed by atoms with Gasteiger partial charge in [0, 0.05) is 6.07 Å². The van der Waals surface area contributed by atoms with Crippen molar-refractivity contribution in [3.8, 4) is 11.5 Å². The van der Waals surface area contributed by atoms with E-state index in [0.717, 1.165) is 0 Å². The fourth-order valence-corrected chi connectivity index (χ4v) is 1.85. The molecule has 0 aliphatic rings. The molecule has 0 spiro atoms. The van der Waals surface area contributed by atoms with E-state index in [9.17, 15) is 19.7 Å². The van der Waals surface area contributed by atoms with Gasteiger partial charge in [-0.3, -0.25) is 10.1 Å². The maximum Gasteiger partial charge on any atom is 0.349 e. The second-order valence-corrected chi connectivity index (χ2v) is 4.48. The van der Waals surface area contributed by atoms with E-state index in [1.165, 1.54) is 37.4 Å². The highest BCUT2D eigenvalue weighted by atomic mass is 16.6. The number of nitro groups is 1. The van der Waals surface area contributed by atoms with Gasteiger partial charge in [-0.25, -0.2) is 9.59 Å². The predicted molar refractivity (Wildman–Crippen MR) is 82.0 cm³/mol. The van der Waals surface area contributed by atoms with Crippen LogP contribution in [0.25, 0.3) is 0 Å². The zero-order valence-electron chi connectivity index (χ0n) is 12.6. The summed E-state index contributed by atoms with van der Waals surface area (Å²) >= 11 is 0. The standard InChI is InChI=1S/C16H13NO7/c1-22-16(19)11-6-2-4-8-13(11)24-15(18)10-23-14-9-5-3-7-12(14)17(20)21/h2-9H,10H2,1H3. The molecule has 124 valence electrons. The zero-order valence-corrected chi connectivity index (χ0v) is 12.6. The summed E-state index contributed by atoms with van der Waals surface area (Å²) in [5.74, 6) is -1.51. The SMILES string of the molecule is COC(=O)c1ccccc1OC(=O)COc1ccccc1[N+](=O)[O-]. The van der Waals surface area contributed by atoms with Crippen molar-refractivity contribution in [1.82, 2.24) is 0 Å². The van der Waals surface area contributed by atoms with E-state index >= 15 is 0 Å². The molecule has 2 aromatic rings. The Morgan fingerprint density at radius 2 is 1.67 bits per heavy atom. The van der Waals surface area contributed by atoms with Crippen LogP contribution in [0.1, 0.15) is 10.4 Å². The van der Waals surface area contributed by atoms with E-state index in [4.69, 9.17) is 9.47 Å². The fraction of sp³-hybridized carbons (Fsp3) is 0.125. The summed E-state index contributed by atoms with van der Waals surface area (Å²) in [6.07, 6.45) is 0. The summed E-state index contributed by atoms with van der Waals surface area (Å²) in [6, 6.07) is 11.7. The average molecular weight is 331 g/mol. The Kier molecular flexibility index (Phi) is 5.45. The first-order chi connectivity index (χ1) is 11.5. The largest absolute Gasteiger partial charge is 0.475 e. The lowest BCUT2D eigenvalue weighted by Crippen LogP contribution is -2.19. The Hall–Kier alpha value is -3.42. The van der Waals surface area contributed by atoms with Gasteiger partial charge in [0.05, 0.1) is 12.0 Å². The highest BCUT2D eigenvalue weighted by molar-refractivity contribution is 5.93. The van der Waals surface area contributed by atoms with Crippen LogP contribution in [0.2, 0.25) is 0 Å². The van der Waals surface area contributed by atoms with E-state index in [1.54, 1.807) is 18.2 Å². The van der Waals surface area contributed by atoms with E-state index in [2.05, 4.69) is 4.74 Å². The Bertz CT molecular complexity index is 773. The van der Waals surface area contributed by atoms with E-state index in [0.29, 0.717) is 0 Å². The lowest BCUT2D eigenvalue weighted by Gasteiger charge is -2.09. The number of nitrogens with zero attached hydrogens (tertiary/aromatic N) is 1. The minimum atomic E-state index is -0.815. The lowest BCUT2D eigenvalue weighted by atomic mass is 10.2. The van der Waals surface area contributed by atoms with Gasteiger partial charge in [0.25, 0.3) is 0 Å². The fourth-order valence-electron chi connectivity index (χ4n) is 1.85. The minimum Gasteiger partial charge on any atom is -0.475 e. The summed E-state index contributed by atoms with van der Waals surface area (Å²) in [6.45, 7) is -0.555. The van der Waals surface area contributed by atoms with Gasteiger partial charge in [-0.1, -0.05) is 24.3 Å². The van der Waals surface area contributed by atoms with Crippen molar-refractivity contribution in [3.05, 3.63) is 64.2 Å². The van der Waals surface area contributed by atoms with Crippen molar-refractivity contribution in [3.63, 3.8) is 0 Å². The molecule has 0 aliphatic heterocycles. The van der Waals surface area contributed by atoms with Gasteiger partial charge in [-0.05, 0) is 18.2 Å². The molecule has 0 saturated heterocycles. The minimum absolute atomic E-state index is 0.0144. The molecule has 0 saturated carbocycles. The number of rotatable bonds is 6. The number of ether oxygens (including phenoxy) is 3. The van der Waals surface area contributed by atoms with Gasteiger partial charge in [0.2, 0.25) is 0 Å². The molecular weight excluding hydrogens is 318 g/mol. The monoisotopic (exact) mass is 331 g/mol. The molecule has 0 unspecified atom stereocenters. The van der Waals surface area contributed by atoms with Crippen LogP contribution in [-0.4, -0.2) is 30.6 Å². The molecule has 8 nitrogen and oxygen atoms in total. The van der Waals surface area contributed by atoms with E-state index in [-0.39, 0.29) is 22.7 Å². The van der Waals surface area contributed by atoms with Crippen LogP contribution in [0.4, 0.5) is 5.69 Å². The molecule has 8 heteroatoms. The molecule has 0 heterocycles. The Morgan fingerprint density at radius 1 is 1.04 bits per heavy atom. The van der Waals surface area contributed by atoms with Gasteiger partial charge >= 0.3 is 17.6 Å². The number of nitro benzene ring substituents is 1. The molecule has 2 aromatic carbocycles. The van der Waals surface area contributed by atoms with Crippen molar-refractivity contribution in [2.75, 3.05) is 13.7 Å². The van der Waals surface area contributed by atoms with Crippen molar-refractivity contribution in [2.24, 2.45) is 0 Å². The number of esters is 2. The van der Waals surface area contributed by atoms with Crippen LogP contribution in [0.15, 0.2) is 48.5 Å². The molecule has 24 heavy (non-hydrogen) atoms. The van der Waals surface area contributed by atoms with Crippen LogP contribution >= 0.6 is 0 Å². The van der Waals surface area contributed by atoms with Gasteiger partial charge in [-0.2, -0.15) is 0 Å². The van der Waals surface area contributed by atoms with Crippen LogP contribution < -0.4 is 9.47 Å². The molecular formula is C16H13NO7. The number of hydrogen-bond donors (Lipinski definition) is 0. The van der Waals surface area contributed by atoms with Crippen LogP contribution in [0, 0.1) is 10.1 Å². The first kappa shape index (κ1) is 16.9. The smallest absolute Gasteiger partial charge is 0.349 e.